The van der Waals surface area contributed by atoms with Gasteiger partial charge in [0.05, 0.1) is 5.69 Å². The molecule has 0 fully saturated rings. The number of benzene rings is 1. The van der Waals surface area contributed by atoms with E-state index in [1.54, 1.807) is 30.3 Å². The Morgan fingerprint density at radius 3 is 2.60 bits per heavy atom. The average Bonchev–Trinajstić information content (AvgIpc) is 3.04. The van der Waals surface area contributed by atoms with Crippen LogP contribution in [0, 0.1) is 13.8 Å². The van der Waals surface area contributed by atoms with Gasteiger partial charge in [-0.2, -0.15) is 5.10 Å². The van der Waals surface area contributed by atoms with E-state index in [0.29, 0.717) is 35.7 Å². The summed E-state index contributed by atoms with van der Waals surface area (Å²) in [6, 6.07) is 10.4. The molecule has 0 saturated carbocycles. The standard InChI is InChI=1S/C18H19N5O2/c1-11-9-12(2)21-17(20-11)7-8-19-18(25)15-10-14(22-23-15)13-5-3-4-6-16(13)24/h3-6,9-10,24H,7-8H2,1-2H3,(H,19,25)(H,22,23). The summed E-state index contributed by atoms with van der Waals surface area (Å²) in [6.45, 7) is 4.26. The maximum atomic E-state index is 12.2. The number of nitrogens with one attached hydrogen (secondary N) is 2. The molecule has 3 rings (SSSR count). The van der Waals surface area contributed by atoms with E-state index in [4.69, 9.17) is 0 Å². The fourth-order valence-electron chi connectivity index (χ4n) is 2.56. The average molecular weight is 337 g/mol. The number of carbonyl (C=O) groups is 1. The second-order valence-electron chi connectivity index (χ2n) is 5.76. The molecule has 0 bridgehead atoms. The lowest BCUT2D eigenvalue weighted by Crippen LogP contribution is -2.26. The van der Waals surface area contributed by atoms with Crippen molar-refractivity contribution in [3.8, 4) is 17.0 Å². The minimum atomic E-state index is -0.265. The molecule has 0 radical (unpaired) electrons. The van der Waals surface area contributed by atoms with Crippen molar-refractivity contribution in [1.29, 1.82) is 0 Å². The molecule has 2 aromatic heterocycles. The summed E-state index contributed by atoms with van der Waals surface area (Å²) in [5, 5.41) is 19.4. The zero-order valence-electron chi connectivity index (χ0n) is 14.1. The molecule has 3 N–H and O–H groups in total. The van der Waals surface area contributed by atoms with Crippen LogP contribution in [0.5, 0.6) is 5.75 Å². The molecule has 0 unspecified atom stereocenters. The molecule has 128 valence electrons. The third-order valence-electron chi connectivity index (χ3n) is 3.67. The van der Waals surface area contributed by atoms with Gasteiger partial charge in [-0.15, -0.1) is 0 Å². The molecule has 3 aromatic rings. The van der Waals surface area contributed by atoms with Gasteiger partial charge in [-0.25, -0.2) is 9.97 Å². The van der Waals surface area contributed by atoms with Crippen molar-refractivity contribution in [3.63, 3.8) is 0 Å². The maximum Gasteiger partial charge on any atom is 0.269 e. The molecule has 25 heavy (non-hydrogen) atoms. The highest BCUT2D eigenvalue weighted by molar-refractivity contribution is 5.93. The Kier molecular flexibility index (Phi) is 4.74. The Balaban J connectivity index is 1.61. The second-order valence-corrected chi connectivity index (χ2v) is 5.76. The highest BCUT2D eigenvalue weighted by Gasteiger charge is 2.13. The first-order valence-electron chi connectivity index (χ1n) is 7.96. The number of phenols is 1. The number of hydrogen-bond donors (Lipinski definition) is 3. The number of nitrogens with zero attached hydrogens (tertiary/aromatic N) is 3. The minimum absolute atomic E-state index is 0.118. The SMILES string of the molecule is Cc1cc(C)nc(CCNC(=O)c2cc(-c3ccccc3O)n[nH]2)n1. The monoisotopic (exact) mass is 337 g/mol. The number of aromatic hydroxyl groups is 1. The van der Waals surface area contributed by atoms with Crippen LogP contribution in [0.1, 0.15) is 27.7 Å². The Morgan fingerprint density at radius 2 is 1.88 bits per heavy atom. The highest BCUT2D eigenvalue weighted by Crippen LogP contribution is 2.27. The largest absolute Gasteiger partial charge is 0.507 e. The third-order valence-corrected chi connectivity index (χ3v) is 3.67. The third kappa shape index (κ3) is 4.00. The number of phenolic OH excluding ortho intramolecular Hbond substituents is 1. The van der Waals surface area contributed by atoms with Gasteiger partial charge in [-0.1, -0.05) is 12.1 Å². The molecule has 0 aliphatic carbocycles. The number of carbonyl (C=O) groups excluding carboxylic acids is 1. The second kappa shape index (κ2) is 7.12. The number of aryl methyl sites for hydroxylation is 2. The van der Waals surface area contributed by atoms with Crippen LogP contribution >= 0.6 is 0 Å². The first kappa shape index (κ1) is 16.6. The van der Waals surface area contributed by atoms with E-state index in [1.165, 1.54) is 0 Å². The molecular weight excluding hydrogens is 318 g/mol. The fourth-order valence-corrected chi connectivity index (χ4v) is 2.56. The summed E-state index contributed by atoms with van der Waals surface area (Å²) in [5.41, 5.74) is 3.24. The van der Waals surface area contributed by atoms with E-state index >= 15 is 0 Å². The molecule has 7 nitrogen and oxygen atoms in total. The molecule has 7 heteroatoms. The van der Waals surface area contributed by atoms with E-state index in [2.05, 4.69) is 25.5 Å². The molecule has 1 aromatic carbocycles. The van der Waals surface area contributed by atoms with Gasteiger partial charge in [-0.3, -0.25) is 9.89 Å². The van der Waals surface area contributed by atoms with E-state index in [1.807, 2.05) is 19.9 Å². The molecule has 0 aliphatic heterocycles. The van der Waals surface area contributed by atoms with Crippen LogP contribution in [0.15, 0.2) is 36.4 Å². The van der Waals surface area contributed by atoms with Gasteiger partial charge in [0, 0.05) is 29.9 Å². The topological polar surface area (TPSA) is 104 Å². The van der Waals surface area contributed by atoms with Crippen LogP contribution < -0.4 is 5.32 Å². The minimum Gasteiger partial charge on any atom is -0.507 e. The Labute approximate surface area is 145 Å². The number of aromatic nitrogens is 4. The van der Waals surface area contributed by atoms with Crippen LogP contribution in [0.2, 0.25) is 0 Å². The smallest absolute Gasteiger partial charge is 0.269 e. The lowest BCUT2D eigenvalue weighted by Gasteiger charge is -2.04. The van der Waals surface area contributed by atoms with Crippen LogP contribution in [-0.4, -0.2) is 37.7 Å². The van der Waals surface area contributed by atoms with Crippen molar-refractivity contribution in [2.24, 2.45) is 0 Å². The number of para-hydroxylation sites is 1. The van der Waals surface area contributed by atoms with Crippen LogP contribution in [0.4, 0.5) is 0 Å². The number of hydrogen-bond acceptors (Lipinski definition) is 5. The van der Waals surface area contributed by atoms with Gasteiger partial charge in [0.2, 0.25) is 0 Å². The fraction of sp³-hybridized carbons (Fsp3) is 0.222. The lowest BCUT2D eigenvalue weighted by atomic mass is 10.1. The normalized spacial score (nSPS) is 10.6. The quantitative estimate of drug-likeness (QED) is 0.662. The number of aromatic amines is 1. The summed E-state index contributed by atoms with van der Waals surface area (Å²) in [6.07, 6.45) is 0.550. The van der Waals surface area contributed by atoms with Gasteiger partial charge in [0.15, 0.2) is 0 Å². The van der Waals surface area contributed by atoms with Crippen molar-refractivity contribution in [2.75, 3.05) is 6.54 Å². The summed E-state index contributed by atoms with van der Waals surface area (Å²) in [5.74, 6) is 0.559. The first-order valence-corrected chi connectivity index (χ1v) is 7.96. The number of H-pyrrole nitrogens is 1. The Bertz CT molecular complexity index is 884. The van der Waals surface area contributed by atoms with Crippen LogP contribution in [-0.2, 0) is 6.42 Å². The summed E-state index contributed by atoms with van der Waals surface area (Å²) >= 11 is 0. The molecular formula is C18H19N5O2. The van der Waals surface area contributed by atoms with Gasteiger partial charge in [-0.05, 0) is 38.1 Å². The van der Waals surface area contributed by atoms with Gasteiger partial charge in [0.1, 0.15) is 17.3 Å². The number of rotatable bonds is 5. The van der Waals surface area contributed by atoms with E-state index in [0.717, 1.165) is 11.4 Å². The zero-order chi connectivity index (χ0) is 17.8. The molecule has 1 amide bonds. The summed E-state index contributed by atoms with van der Waals surface area (Å²) in [7, 11) is 0. The van der Waals surface area contributed by atoms with Crippen molar-refractivity contribution in [3.05, 3.63) is 59.3 Å². The first-order chi connectivity index (χ1) is 12.0. The number of amides is 1. The molecule has 2 heterocycles. The van der Waals surface area contributed by atoms with Crippen molar-refractivity contribution in [2.45, 2.75) is 20.3 Å². The van der Waals surface area contributed by atoms with Gasteiger partial charge < -0.3 is 10.4 Å². The molecule has 0 saturated heterocycles. The van der Waals surface area contributed by atoms with Crippen molar-refractivity contribution >= 4 is 5.91 Å². The van der Waals surface area contributed by atoms with Crippen molar-refractivity contribution < 1.29 is 9.90 Å². The van der Waals surface area contributed by atoms with Gasteiger partial charge >= 0.3 is 0 Å². The zero-order valence-corrected chi connectivity index (χ0v) is 14.1. The van der Waals surface area contributed by atoms with E-state index in [9.17, 15) is 9.90 Å². The summed E-state index contributed by atoms with van der Waals surface area (Å²) in [4.78, 5) is 20.9. The summed E-state index contributed by atoms with van der Waals surface area (Å²) < 4.78 is 0. The van der Waals surface area contributed by atoms with Crippen LogP contribution in [0.25, 0.3) is 11.3 Å². The van der Waals surface area contributed by atoms with E-state index < -0.39 is 0 Å². The Hall–Kier alpha value is -3.22. The molecule has 0 spiro atoms. The predicted molar refractivity (Wildman–Crippen MR) is 93.2 cm³/mol. The predicted octanol–water partition coefficient (Wildman–Crippen LogP) is 2.16. The highest BCUT2D eigenvalue weighted by atomic mass is 16.3. The Morgan fingerprint density at radius 1 is 1.16 bits per heavy atom. The molecule has 0 atom stereocenters. The molecule has 0 aliphatic rings. The lowest BCUT2D eigenvalue weighted by molar-refractivity contribution is 0.0949. The maximum absolute atomic E-state index is 12.2. The van der Waals surface area contributed by atoms with Crippen molar-refractivity contribution in [1.82, 2.24) is 25.5 Å². The van der Waals surface area contributed by atoms with Crippen LogP contribution in [0.3, 0.4) is 0 Å². The van der Waals surface area contributed by atoms with E-state index in [-0.39, 0.29) is 11.7 Å². The van der Waals surface area contributed by atoms with Gasteiger partial charge in [0.25, 0.3) is 5.91 Å².